The van der Waals surface area contributed by atoms with Crippen LogP contribution in [-0.4, -0.2) is 24.4 Å². The van der Waals surface area contributed by atoms with Crippen LogP contribution in [0.4, 0.5) is 5.69 Å². The van der Waals surface area contributed by atoms with Crippen molar-refractivity contribution in [1.29, 1.82) is 0 Å². The molecule has 5 heteroatoms. The lowest BCUT2D eigenvalue weighted by Gasteiger charge is -2.19. The van der Waals surface area contributed by atoms with E-state index in [2.05, 4.69) is 19.2 Å². The fraction of sp³-hybridized carbons (Fsp3) is 0.556. The molecule has 1 atom stereocenters. The smallest absolute Gasteiger partial charge is 0.251 e. The Morgan fingerprint density at radius 1 is 1.30 bits per heavy atom. The number of rotatable bonds is 6. The molecule has 0 aliphatic carbocycles. The number of anilines is 1. The fourth-order valence-corrected chi connectivity index (χ4v) is 2.95. The summed E-state index contributed by atoms with van der Waals surface area (Å²) < 4.78 is 0. The number of amides is 2. The highest BCUT2D eigenvalue weighted by Crippen LogP contribution is 2.30. The molecule has 1 aromatic rings. The van der Waals surface area contributed by atoms with Gasteiger partial charge in [0.1, 0.15) is 0 Å². The van der Waals surface area contributed by atoms with Crippen molar-refractivity contribution in [1.82, 2.24) is 5.32 Å². The summed E-state index contributed by atoms with van der Waals surface area (Å²) >= 11 is 6.21. The maximum Gasteiger partial charge on any atom is 0.251 e. The molecule has 1 aromatic carbocycles. The van der Waals surface area contributed by atoms with Crippen LogP contribution >= 0.6 is 11.6 Å². The van der Waals surface area contributed by atoms with Crippen LogP contribution in [0.15, 0.2) is 18.2 Å². The third kappa shape index (κ3) is 4.71. The predicted molar refractivity (Wildman–Crippen MR) is 94.0 cm³/mol. The Kier molecular flexibility index (Phi) is 6.05. The Morgan fingerprint density at radius 3 is 2.65 bits per heavy atom. The highest BCUT2D eigenvalue weighted by atomic mass is 35.5. The Labute approximate surface area is 143 Å². The average Bonchev–Trinajstić information content (AvgIpc) is 2.91. The van der Waals surface area contributed by atoms with Gasteiger partial charge in [0.05, 0.1) is 10.7 Å². The predicted octanol–water partition coefficient (Wildman–Crippen LogP) is 4.02. The van der Waals surface area contributed by atoms with Crippen LogP contribution < -0.4 is 10.2 Å². The number of halogens is 1. The summed E-state index contributed by atoms with van der Waals surface area (Å²) in [7, 11) is 0. The van der Waals surface area contributed by atoms with Gasteiger partial charge in [-0.15, -0.1) is 0 Å². The van der Waals surface area contributed by atoms with Gasteiger partial charge in [-0.05, 0) is 50.3 Å². The molecule has 2 amide bonds. The minimum absolute atomic E-state index is 0.0646. The normalized spacial score (nSPS) is 16.0. The molecule has 1 aliphatic rings. The van der Waals surface area contributed by atoms with E-state index in [0.29, 0.717) is 35.2 Å². The largest absolute Gasteiger partial charge is 0.350 e. The van der Waals surface area contributed by atoms with Crippen LogP contribution in [0.25, 0.3) is 0 Å². The maximum atomic E-state index is 12.4. The molecule has 0 saturated carbocycles. The van der Waals surface area contributed by atoms with Gasteiger partial charge in [-0.25, -0.2) is 0 Å². The lowest BCUT2D eigenvalue weighted by Crippen LogP contribution is -2.33. The molecule has 1 N–H and O–H groups in total. The third-order valence-corrected chi connectivity index (χ3v) is 4.45. The summed E-state index contributed by atoms with van der Waals surface area (Å²) in [5.74, 6) is 0.568. The van der Waals surface area contributed by atoms with E-state index in [1.54, 1.807) is 23.1 Å². The van der Waals surface area contributed by atoms with Crippen LogP contribution in [0.3, 0.4) is 0 Å². The van der Waals surface area contributed by atoms with Gasteiger partial charge in [0.2, 0.25) is 5.91 Å². The van der Waals surface area contributed by atoms with Crippen LogP contribution in [0, 0.1) is 5.92 Å². The second kappa shape index (κ2) is 7.82. The van der Waals surface area contributed by atoms with Crippen LogP contribution in [0.1, 0.15) is 56.8 Å². The van der Waals surface area contributed by atoms with Gasteiger partial charge in [-0.2, -0.15) is 0 Å². The first-order chi connectivity index (χ1) is 10.9. The van der Waals surface area contributed by atoms with Crippen molar-refractivity contribution in [2.24, 2.45) is 5.92 Å². The van der Waals surface area contributed by atoms with E-state index >= 15 is 0 Å². The monoisotopic (exact) mass is 336 g/mol. The minimum Gasteiger partial charge on any atom is -0.350 e. The zero-order valence-electron chi connectivity index (χ0n) is 14.1. The van der Waals surface area contributed by atoms with Crippen molar-refractivity contribution in [2.45, 2.75) is 52.5 Å². The SMILES string of the molecule is CC(C)CCC(C)NC(=O)c1ccc(Cl)c(N2CCCC2=O)c1. The highest BCUT2D eigenvalue weighted by Gasteiger charge is 2.24. The zero-order valence-corrected chi connectivity index (χ0v) is 14.8. The number of carbonyl (C=O) groups excluding carboxylic acids is 2. The van der Waals surface area contributed by atoms with Gasteiger partial charge in [-0.3, -0.25) is 9.59 Å². The zero-order chi connectivity index (χ0) is 17.0. The van der Waals surface area contributed by atoms with Crippen molar-refractivity contribution in [2.75, 3.05) is 11.4 Å². The standard InChI is InChI=1S/C18H25ClN2O2/c1-12(2)6-7-13(3)20-18(23)14-8-9-15(19)16(11-14)21-10-4-5-17(21)22/h8-9,11-13H,4-7,10H2,1-3H3,(H,20,23). The minimum atomic E-state index is -0.120. The Morgan fingerprint density at radius 2 is 2.04 bits per heavy atom. The molecule has 1 heterocycles. The number of nitrogens with one attached hydrogen (secondary N) is 1. The second-order valence-electron chi connectivity index (χ2n) is 6.66. The van der Waals surface area contributed by atoms with Crippen LogP contribution in [-0.2, 0) is 4.79 Å². The molecule has 126 valence electrons. The molecule has 1 fully saturated rings. The molecule has 2 rings (SSSR count). The van der Waals surface area contributed by atoms with Gasteiger partial charge in [-0.1, -0.05) is 25.4 Å². The summed E-state index contributed by atoms with van der Waals surface area (Å²) in [6.07, 6.45) is 3.40. The molecule has 23 heavy (non-hydrogen) atoms. The number of hydrogen-bond acceptors (Lipinski definition) is 2. The van der Waals surface area contributed by atoms with Crippen molar-refractivity contribution < 1.29 is 9.59 Å². The lowest BCUT2D eigenvalue weighted by molar-refractivity contribution is -0.117. The molecule has 0 radical (unpaired) electrons. The molecule has 1 aliphatic heterocycles. The Balaban J connectivity index is 2.07. The van der Waals surface area contributed by atoms with Crippen molar-refractivity contribution in [3.8, 4) is 0 Å². The summed E-state index contributed by atoms with van der Waals surface area (Å²) in [6.45, 7) is 7.02. The number of carbonyl (C=O) groups is 2. The van der Waals surface area contributed by atoms with Gasteiger partial charge in [0.15, 0.2) is 0 Å². The van der Waals surface area contributed by atoms with E-state index in [-0.39, 0.29) is 17.9 Å². The third-order valence-electron chi connectivity index (χ3n) is 4.13. The van der Waals surface area contributed by atoms with Crippen LogP contribution in [0.5, 0.6) is 0 Å². The summed E-state index contributed by atoms with van der Waals surface area (Å²) in [6, 6.07) is 5.24. The van der Waals surface area contributed by atoms with Gasteiger partial charge >= 0.3 is 0 Å². The van der Waals surface area contributed by atoms with Gasteiger partial charge in [0, 0.05) is 24.6 Å². The topological polar surface area (TPSA) is 49.4 Å². The lowest BCUT2D eigenvalue weighted by atomic mass is 10.0. The first-order valence-corrected chi connectivity index (χ1v) is 8.67. The first-order valence-electron chi connectivity index (χ1n) is 8.29. The van der Waals surface area contributed by atoms with E-state index < -0.39 is 0 Å². The molecule has 0 spiro atoms. The summed E-state index contributed by atoms with van der Waals surface area (Å²) in [5.41, 5.74) is 1.18. The number of benzene rings is 1. The first kappa shape index (κ1) is 17.8. The Hall–Kier alpha value is -1.55. The van der Waals surface area contributed by atoms with Crippen molar-refractivity contribution in [3.05, 3.63) is 28.8 Å². The second-order valence-corrected chi connectivity index (χ2v) is 7.07. The summed E-state index contributed by atoms with van der Waals surface area (Å²) in [5, 5.41) is 3.52. The van der Waals surface area contributed by atoms with E-state index in [9.17, 15) is 9.59 Å². The maximum absolute atomic E-state index is 12.4. The van der Waals surface area contributed by atoms with E-state index in [4.69, 9.17) is 11.6 Å². The van der Waals surface area contributed by atoms with E-state index in [1.165, 1.54) is 0 Å². The van der Waals surface area contributed by atoms with Crippen LogP contribution in [0.2, 0.25) is 5.02 Å². The number of hydrogen-bond donors (Lipinski definition) is 1. The quantitative estimate of drug-likeness (QED) is 0.852. The molecule has 0 bridgehead atoms. The molecule has 0 aromatic heterocycles. The molecular weight excluding hydrogens is 312 g/mol. The van der Waals surface area contributed by atoms with Gasteiger partial charge < -0.3 is 10.2 Å². The summed E-state index contributed by atoms with van der Waals surface area (Å²) in [4.78, 5) is 26.0. The van der Waals surface area contributed by atoms with Crippen molar-refractivity contribution >= 4 is 29.1 Å². The molecular formula is C18H25ClN2O2. The molecule has 4 nitrogen and oxygen atoms in total. The number of nitrogens with zero attached hydrogens (tertiary/aromatic N) is 1. The van der Waals surface area contributed by atoms with E-state index in [1.807, 2.05) is 6.92 Å². The molecule has 1 unspecified atom stereocenters. The highest BCUT2D eigenvalue weighted by molar-refractivity contribution is 6.34. The fourth-order valence-electron chi connectivity index (χ4n) is 2.73. The van der Waals surface area contributed by atoms with Gasteiger partial charge in [0.25, 0.3) is 5.91 Å². The Bertz CT molecular complexity index is 586. The van der Waals surface area contributed by atoms with Crippen molar-refractivity contribution in [3.63, 3.8) is 0 Å². The average molecular weight is 337 g/mol. The van der Waals surface area contributed by atoms with E-state index in [0.717, 1.165) is 19.3 Å². The molecule has 1 saturated heterocycles.